The number of ether oxygens (including phenoxy) is 1. The number of esters is 1. The minimum Gasteiger partial charge on any atom is -0.465 e. The normalized spacial score (nSPS) is 10.2. The van der Waals surface area contributed by atoms with Gasteiger partial charge in [0.1, 0.15) is 0 Å². The summed E-state index contributed by atoms with van der Waals surface area (Å²) >= 11 is 6.07. The third kappa shape index (κ3) is 5.37. The molecule has 0 saturated carbocycles. The number of benzene rings is 2. The number of rotatable bonds is 7. The lowest BCUT2D eigenvalue weighted by Crippen LogP contribution is -2.21. The minimum atomic E-state index is -0.406. The van der Waals surface area contributed by atoms with Gasteiger partial charge >= 0.3 is 5.97 Å². The molecule has 0 fully saturated rings. The van der Waals surface area contributed by atoms with E-state index in [0.717, 1.165) is 5.56 Å². The quantitative estimate of drug-likeness (QED) is 0.596. The fourth-order valence-corrected chi connectivity index (χ4v) is 2.30. The summed E-state index contributed by atoms with van der Waals surface area (Å²) in [6, 6.07) is 14.1. The molecule has 0 saturated heterocycles. The highest BCUT2D eigenvalue weighted by atomic mass is 35.5. The molecule has 0 unspecified atom stereocenters. The van der Waals surface area contributed by atoms with Crippen LogP contribution in [-0.4, -0.2) is 25.5 Å². The van der Waals surface area contributed by atoms with Crippen LogP contribution in [0.1, 0.15) is 22.3 Å². The molecular formula is C18H19ClN2O3. The first-order valence-corrected chi connectivity index (χ1v) is 7.90. The van der Waals surface area contributed by atoms with Gasteiger partial charge in [-0.15, -0.1) is 0 Å². The molecule has 0 aromatic heterocycles. The lowest BCUT2D eigenvalue weighted by molar-refractivity contribution is -0.116. The molecule has 0 bridgehead atoms. The van der Waals surface area contributed by atoms with Gasteiger partial charge in [-0.2, -0.15) is 0 Å². The van der Waals surface area contributed by atoms with Crippen molar-refractivity contribution in [3.8, 4) is 0 Å². The highest BCUT2D eigenvalue weighted by molar-refractivity contribution is 6.31. The van der Waals surface area contributed by atoms with E-state index < -0.39 is 5.97 Å². The maximum absolute atomic E-state index is 11.9. The molecule has 0 aliphatic carbocycles. The third-order valence-corrected chi connectivity index (χ3v) is 3.76. The molecule has 0 radical (unpaired) electrons. The average molecular weight is 347 g/mol. The van der Waals surface area contributed by atoms with Crippen molar-refractivity contribution in [2.24, 2.45) is 0 Å². The second kappa shape index (κ2) is 9.05. The minimum absolute atomic E-state index is 0.104. The van der Waals surface area contributed by atoms with Crippen LogP contribution in [0, 0.1) is 0 Å². The third-order valence-electron chi connectivity index (χ3n) is 3.39. The Morgan fingerprint density at radius 1 is 1.08 bits per heavy atom. The average Bonchev–Trinajstić information content (AvgIpc) is 2.60. The molecule has 2 aromatic carbocycles. The predicted octanol–water partition coefficient (Wildman–Crippen LogP) is 3.25. The van der Waals surface area contributed by atoms with Crippen LogP contribution < -0.4 is 10.6 Å². The summed E-state index contributed by atoms with van der Waals surface area (Å²) in [5, 5.41) is 6.67. The molecule has 2 rings (SSSR count). The van der Waals surface area contributed by atoms with E-state index in [-0.39, 0.29) is 5.91 Å². The van der Waals surface area contributed by atoms with Crippen molar-refractivity contribution in [2.75, 3.05) is 19.0 Å². The molecule has 126 valence electrons. The Morgan fingerprint density at radius 3 is 2.46 bits per heavy atom. The van der Waals surface area contributed by atoms with Gasteiger partial charge in [-0.3, -0.25) is 4.79 Å². The van der Waals surface area contributed by atoms with Crippen LogP contribution in [0.3, 0.4) is 0 Å². The Bertz CT molecular complexity index is 702. The zero-order valence-corrected chi connectivity index (χ0v) is 14.1. The highest BCUT2D eigenvalue weighted by Gasteiger charge is 2.06. The van der Waals surface area contributed by atoms with E-state index in [0.29, 0.717) is 35.8 Å². The summed E-state index contributed by atoms with van der Waals surface area (Å²) in [6.45, 7) is 1.15. The molecule has 0 atom stereocenters. The first-order valence-electron chi connectivity index (χ1n) is 7.52. The van der Waals surface area contributed by atoms with E-state index in [9.17, 15) is 9.59 Å². The van der Waals surface area contributed by atoms with E-state index in [2.05, 4.69) is 15.4 Å². The van der Waals surface area contributed by atoms with Crippen LogP contribution in [0.15, 0.2) is 48.5 Å². The summed E-state index contributed by atoms with van der Waals surface area (Å²) in [5.74, 6) is -0.510. The molecule has 0 spiro atoms. The van der Waals surface area contributed by atoms with E-state index in [4.69, 9.17) is 11.6 Å². The van der Waals surface area contributed by atoms with Crippen molar-refractivity contribution in [2.45, 2.75) is 13.0 Å². The number of carbonyl (C=O) groups is 2. The van der Waals surface area contributed by atoms with E-state index in [1.54, 1.807) is 24.3 Å². The van der Waals surface area contributed by atoms with Gasteiger partial charge < -0.3 is 15.4 Å². The predicted molar refractivity (Wildman–Crippen MR) is 94.2 cm³/mol. The summed E-state index contributed by atoms with van der Waals surface area (Å²) < 4.78 is 4.62. The number of anilines is 1. The molecule has 0 heterocycles. The SMILES string of the molecule is COC(=O)c1ccc(NC(=O)CCNCc2ccccc2Cl)cc1. The van der Waals surface area contributed by atoms with E-state index in [1.165, 1.54) is 7.11 Å². The summed E-state index contributed by atoms with van der Waals surface area (Å²) in [7, 11) is 1.33. The summed E-state index contributed by atoms with van der Waals surface area (Å²) in [5.41, 5.74) is 2.08. The Kier molecular flexibility index (Phi) is 6.78. The van der Waals surface area contributed by atoms with Gasteiger partial charge in [-0.1, -0.05) is 29.8 Å². The van der Waals surface area contributed by atoms with Gasteiger partial charge in [0.25, 0.3) is 0 Å². The van der Waals surface area contributed by atoms with Crippen molar-refractivity contribution in [1.82, 2.24) is 5.32 Å². The van der Waals surface area contributed by atoms with Crippen LogP contribution in [0.25, 0.3) is 0 Å². The molecule has 5 nitrogen and oxygen atoms in total. The van der Waals surface area contributed by atoms with Gasteiger partial charge in [0.15, 0.2) is 0 Å². The number of nitrogens with one attached hydrogen (secondary N) is 2. The smallest absolute Gasteiger partial charge is 0.337 e. The second-order valence-corrected chi connectivity index (χ2v) is 5.54. The Balaban J connectivity index is 1.73. The standard InChI is InChI=1S/C18H19ClN2O3/c1-24-18(23)13-6-8-15(9-7-13)21-17(22)10-11-20-12-14-4-2-3-5-16(14)19/h2-9,20H,10-12H2,1H3,(H,21,22). The number of hydrogen-bond acceptors (Lipinski definition) is 4. The highest BCUT2D eigenvalue weighted by Crippen LogP contribution is 2.14. The fourth-order valence-electron chi connectivity index (χ4n) is 2.10. The van der Waals surface area contributed by atoms with Crippen molar-refractivity contribution in [1.29, 1.82) is 0 Å². The van der Waals surface area contributed by atoms with Crippen molar-refractivity contribution in [3.05, 3.63) is 64.7 Å². The van der Waals surface area contributed by atoms with Crippen LogP contribution in [0.5, 0.6) is 0 Å². The topological polar surface area (TPSA) is 67.4 Å². The Labute approximate surface area is 146 Å². The van der Waals surface area contributed by atoms with Crippen LogP contribution in [-0.2, 0) is 16.1 Å². The second-order valence-electron chi connectivity index (χ2n) is 5.14. The molecular weight excluding hydrogens is 328 g/mol. The largest absolute Gasteiger partial charge is 0.465 e. The van der Waals surface area contributed by atoms with Crippen LogP contribution in [0.4, 0.5) is 5.69 Å². The Hall–Kier alpha value is -2.37. The van der Waals surface area contributed by atoms with E-state index >= 15 is 0 Å². The zero-order valence-electron chi connectivity index (χ0n) is 13.3. The molecule has 1 amide bonds. The van der Waals surface area contributed by atoms with Gasteiger partial charge in [0.2, 0.25) is 5.91 Å². The summed E-state index contributed by atoms with van der Waals surface area (Å²) in [4.78, 5) is 23.2. The van der Waals surface area contributed by atoms with Gasteiger partial charge in [0, 0.05) is 30.2 Å². The maximum Gasteiger partial charge on any atom is 0.337 e. The number of carbonyl (C=O) groups excluding carboxylic acids is 2. The molecule has 6 heteroatoms. The van der Waals surface area contributed by atoms with Crippen molar-refractivity contribution in [3.63, 3.8) is 0 Å². The molecule has 0 aliphatic rings. The Morgan fingerprint density at radius 2 is 1.79 bits per heavy atom. The molecule has 2 N–H and O–H groups in total. The molecule has 0 aliphatic heterocycles. The molecule has 2 aromatic rings. The first-order chi connectivity index (χ1) is 11.6. The van der Waals surface area contributed by atoms with Crippen LogP contribution >= 0.6 is 11.6 Å². The van der Waals surface area contributed by atoms with Crippen molar-refractivity contribution < 1.29 is 14.3 Å². The van der Waals surface area contributed by atoms with Gasteiger partial charge in [-0.05, 0) is 35.9 Å². The lowest BCUT2D eigenvalue weighted by Gasteiger charge is -2.08. The van der Waals surface area contributed by atoms with Gasteiger partial charge in [0.05, 0.1) is 12.7 Å². The number of halogens is 1. The fraction of sp³-hybridized carbons (Fsp3) is 0.222. The van der Waals surface area contributed by atoms with Gasteiger partial charge in [-0.25, -0.2) is 4.79 Å². The van der Waals surface area contributed by atoms with Crippen molar-refractivity contribution >= 4 is 29.2 Å². The lowest BCUT2D eigenvalue weighted by atomic mass is 10.2. The monoisotopic (exact) mass is 346 g/mol. The molecule has 24 heavy (non-hydrogen) atoms. The number of amides is 1. The maximum atomic E-state index is 11.9. The number of methoxy groups -OCH3 is 1. The zero-order chi connectivity index (χ0) is 17.4. The summed E-state index contributed by atoms with van der Waals surface area (Å²) in [6.07, 6.45) is 0.337. The van der Waals surface area contributed by atoms with E-state index in [1.807, 2.05) is 24.3 Å². The van der Waals surface area contributed by atoms with Crippen LogP contribution in [0.2, 0.25) is 5.02 Å². The first kappa shape index (κ1) is 18.0. The number of hydrogen-bond donors (Lipinski definition) is 2.